The van der Waals surface area contributed by atoms with Gasteiger partial charge in [0.15, 0.2) is 6.61 Å². The summed E-state index contributed by atoms with van der Waals surface area (Å²) in [6, 6.07) is 11.2. The maximum atomic E-state index is 11.9. The van der Waals surface area contributed by atoms with Gasteiger partial charge in [-0.25, -0.2) is 0 Å². The van der Waals surface area contributed by atoms with Gasteiger partial charge < -0.3 is 20.5 Å². The number of ether oxygens (including phenoxy) is 2. The fourth-order valence-electron chi connectivity index (χ4n) is 1.91. The van der Waals surface area contributed by atoms with Crippen molar-refractivity contribution >= 4 is 29.1 Å². The number of carbonyl (C=O) groups is 2. The lowest BCUT2D eigenvalue weighted by molar-refractivity contribution is -0.118. The lowest BCUT2D eigenvalue weighted by Crippen LogP contribution is -2.20. The maximum Gasteiger partial charge on any atom is 0.262 e. The molecular weight excluding hydrogens is 332 g/mol. The Morgan fingerprint density at radius 1 is 1.12 bits per heavy atom. The molecule has 0 fully saturated rings. The van der Waals surface area contributed by atoms with Crippen molar-refractivity contribution in [3.05, 3.63) is 53.1 Å². The number of hydrogen-bond donors (Lipinski definition) is 2. The fraction of sp³-hybridized carbons (Fsp3) is 0.176. The van der Waals surface area contributed by atoms with Crippen LogP contribution in [0.3, 0.4) is 0 Å². The zero-order valence-electron chi connectivity index (χ0n) is 13.0. The zero-order valence-corrected chi connectivity index (χ0v) is 13.8. The van der Waals surface area contributed by atoms with E-state index in [2.05, 4.69) is 5.32 Å². The molecule has 24 heavy (non-hydrogen) atoms. The molecule has 0 saturated heterocycles. The van der Waals surface area contributed by atoms with Crippen LogP contribution in [0.2, 0.25) is 5.02 Å². The molecule has 2 aromatic rings. The van der Waals surface area contributed by atoms with Gasteiger partial charge in [0, 0.05) is 11.3 Å². The van der Waals surface area contributed by atoms with Gasteiger partial charge in [-0.05, 0) is 49.4 Å². The first kappa shape index (κ1) is 17.6. The fourth-order valence-corrected chi connectivity index (χ4v) is 2.15. The maximum absolute atomic E-state index is 11.9. The van der Waals surface area contributed by atoms with Gasteiger partial charge in [0.2, 0.25) is 5.91 Å². The molecule has 2 amide bonds. The van der Waals surface area contributed by atoms with Crippen molar-refractivity contribution in [3.8, 4) is 11.5 Å². The van der Waals surface area contributed by atoms with E-state index in [9.17, 15) is 9.59 Å². The van der Waals surface area contributed by atoms with Crippen molar-refractivity contribution in [2.75, 3.05) is 18.5 Å². The second kappa shape index (κ2) is 8.21. The molecule has 0 aromatic heterocycles. The van der Waals surface area contributed by atoms with E-state index < -0.39 is 5.91 Å². The van der Waals surface area contributed by atoms with Crippen LogP contribution >= 0.6 is 11.6 Å². The molecule has 0 unspecified atom stereocenters. The average Bonchev–Trinajstić information content (AvgIpc) is 2.56. The highest BCUT2D eigenvalue weighted by Crippen LogP contribution is 2.27. The van der Waals surface area contributed by atoms with E-state index in [1.165, 1.54) is 12.1 Å². The monoisotopic (exact) mass is 348 g/mol. The molecule has 2 aromatic carbocycles. The largest absolute Gasteiger partial charge is 0.492 e. The number of anilines is 1. The summed E-state index contributed by atoms with van der Waals surface area (Å²) in [5.41, 5.74) is 6.06. The van der Waals surface area contributed by atoms with Gasteiger partial charge in [-0.2, -0.15) is 0 Å². The van der Waals surface area contributed by atoms with Crippen LogP contribution in [0, 0.1) is 0 Å². The molecule has 0 aliphatic rings. The number of amides is 2. The summed E-state index contributed by atoms with van der Waals surface area (Å²) in [6.07, 6.45) is 0. The predicted molar refractivity (Wildman–Crippen MR) is 91.7 cm³/mol. The van der Waals surface area contributed by atoms with Crippen molar-refractivity contribution in [3.63, 3.8) is 0 Å². The van der Waals surface area contributed by atoms with E-state index in [1.807, 2.05) is 6.92 Å². The molecule has 0 atom stereocenters. The van der Waals surface area contributed by atoms with Gasteiger partial charge in [0.25, 0.3) is 5.91 Å². The number of nitrogens with one attached hydrogen (secondary N) is 1. The smallest absolute Gasteiger partial charge is 0.262 e. The summed E-state index contributed by atoms with van der Waals surface area (Å²) in [4.78, 5) is 22.9. The van der Waals surface area contributed by atoms with Crippen LogP contribution in [0.5, 0.6) is 11.5 Å². The summed E-state index contributed by atoms with van der Waals surface area (Å²) in [5.74, 6) is 0.156. The SMILES string of the molecule is CCOc1ccc(NC(=O)COc2ccc(C(N)=O)cc2)cc1Cl. The number of primary amides is 1. The van der Waals surface area contributed by atoms with E-state index in [-0.39, 0.29) is 12.5 Å². The third kappa shape index (κ3) is 4.89. The molecule has 0 radical (unpaired) electrons. The van der Waals surface area contributed by atoms with E-state index in [1.54, 1.807) is 30.3 Å². The highest BCUT2D eigenvalue weighted by molar-refractivity contribution is 6.32. The highest BCUT2D eigenvalue weighted by Gasteiger charge is 2.07. The predicted octanol–water partition coefficient (Wildman–Crippen LogP) is 2.86. The quantitative estimate of drug-likeness (QED) is 0.805. The number of rotatable bonds is 7. The van der Waals surface area contributed by atoms with Crippen LogP contribution in [0.1, 0.15) is 17.3 Å². The lowest BCUT2D eigenvalue weighted by Gasteiger charge is -2.10. The van der Waals surface area contributed by atoms with Gasteiger partial charge >= 0.3 is 0 Å². The minimum Gasteiger partial charge on any atom is -0.492 e. The van der Waals surface area contributed by atoms with Crippen molar-refractivity contribution in [2.45, 2.75) is 6.92 Å². The number of carbonyl (C=O) groups excluding carboxylic acids is 2. The highest BCUT2D eigenvalue weighted by atomic mass is 35.5. The molecule has 0 saturated carbocycles. The Kier molecular flexibility index (Phi) is 6.03. The third-order valence-corrected chi connectivity index (χ3v) is 3.32. The number of benzene rings is 2. The van der Waals surface area contributed by atoms with Crippen molar-refractivity contribution < 1.29 is 19.1 Å². The Bertz CT molecular complexity index is 732. The van der Waals surface area contributed by atoms with Gasteiger partial charge in [-0.3, -0.25) is 9.59 Å². The standard InChI is InChI=1S/C17H17ClN2O4/c1-2-23-15-8-5-12(9-14(15)18)20-16(21)10-24-13-6-3-11(4-7-13)17(19)22/h3-9H,2,10H2,1H3,(H2,19,22)(H,20,21). The molecule has 7 heteroatoms. The van der Waals surface area contributed by atoms with E-state index in [0.29, 0.717) is 34.4 Å². The third-order valence-electron chi connectivity index (χ3n) is 3.02. The Labute approximate surface area is 144 Å². The molecule has 0 heterocycles. The van der Waals surface area contributed by atoms with Crippen LogP contribution in [-0.4, -0.2) is 25.0 Å². The van der Waals surface area contributed by atoms with E-state index in [0.717, 1.165) is 0 Å². The van der Waals surface area contributed by atoms with Crippen LogP contribution in [-0.2, 0) is 4.79 Å². The van der Waals surface area contributed by atoms with Crippen molar-refractivity contribution in [1.82, 2.24) is 0 Å². The van der Waals surface area contributed by atoms with Gasteiger partial charge in [-0.1, -0.05) is 11.6 Å². The molecule has 0 aliphatic carbocycles. The van der Waals surface area contributed by atoms with Crippen molar-refractivity contribution in [1.29, 1.82) is 0 Å². The second-order valence-electron chi connectivity index (χ2n) is 4.80. The minimum atomic E-state index is -0.522. The van der Waals surface area contributed by atoms with Crippen LogP contribution in [0.25, 0.3) is 0 Å². The molecule has 0 bridgehead atoms. The van der Waals surface area contributed by atoms with Gasteiger partial charge in [-0.15, -0.1) is 0 Å². The van der Waals surface area contributed by atoms with Gasteiger partial charge in [0.1, 0.15) is 11.5 Å². The van der Waals surface area contributed by atoms with Crippen LogP contribution in [0.15, 0.2) is 42.5 Å². The summed E-state index contributed by atoms with van der Waals surface area (Å²) in [7, 11) is 0. The van der Waals surface area contributed by atoms with Crippen LogP contribution < -0.4 is 20.5 Å². The number of halogens is 1. The van der Waals surface area contributed by atoms with Gasteiger partial charge in [0.05, 0.1) is 11.6 Å². The average molecular weight is 349 g/mol. The number of nitrogens with two attached hydrogens (primary N) is 1. The summed E-state index contributed by atoms with van der Waals surface area (Å²) >= 11 is 6.06. The number of hydrogen-bond acceptors (Lipinski definition) is 4. The van der Waals surface area contributed by atoms with Crippen molar-refractivity contribution in [2.24, 2.45) is 5.73 Å². The molecule has 126 valence electrons. The molecule has 0 spiro atoms. The first-order valence-electron chi connectivity index (χ1n) is 7.24. The Balaban J connectivity index is 1.89. The molecule has 0 aliphatic heterocycles. The Hall–Kier alpha value is -2.73. The molecule has 2 rings (SSSR count). The first-order chi connectivity index (χ1) is 11.5. The van der Waals surface area contributed by atoms with Crippen LogP contribution in [0.4, 0.5) is 5.69 Å². The van der Waals surface area contributed by atoms with E-state index in [4.69, 9.17) is 26.8 Å². The lowest BCUT2D eigenvalue weighted by atomic mass is 10.2. The zero-order chi connectivity index (χ0) is 17.5. The molecule has 3 N–H and O–H groups in total. The topological polar surface area (TPSA) is 90.7 Å². The normalized spacial score (nSPS) is 10.1. The summed E-state index contributed by atoms with van der Waals surface area (Å²) in [5, 5.41) is 3.09. The molecular formula is C17H17ClN2O4. The summed E-state index contributed by atoms with van der Waals surface area (Å²) < 4.78 is 10.7. The summed E-state index contributed by atoms with van der Waals surface area (Å²) in [6.45, 7) is 2.19. The van der Waals surface area contributed by atoms with E-state index >= 15 is 0 Å². The Morgan fingerprint density at radius 2 is 1.83 bits per heavy atom. The minimum absolute atomic E-state index is 0.180. The molecule has 6 nitrogen and oxygen atoms in total. The Morgan fingerprint density at radius 3 is 2.42 bits per heavy atom. The first-order valence-corrected chi connectivity index (χ1v) is 7.62. The second-order valence-corrected chi connectivity index (χ2v) is 5.21.